The first-order chi connectivity index (χ1) is 9.33. The van der Waals surface area contributed by atoms with Crippen LogP contribution in [0.1, 0.15) is 57.2 Å². The number of pyridine rings is 1. The monoisotopic (exact) mass is 260 g/mol. The van der Waals surface area contributed by atoms with Crippen LogP contribution in [-0.4, -0.2) is 17.6 Å². The van der Waals surface area contributed by atoms with Gasteiger partial charge in [-0.05, 0) is 43.4 Å². The van der Waals surface area contributed by atoms with Crippen molar-refractivity contribution in [3.63, 3.8) is 0 Å². The normalized spacial score (nSPS) is 18.4. The molecule has 0 aromatic carbocycles. The van der Waals surface area contributed by atoms with Crippen LogP contribution in [0, 0.1) is 5.92 Å². The second-order valence-electron chi connectivity index (χ2n) is 5.78. The van der Waals surface area contributed by atoms with Crippen LogP contribution < -0.4 is 5.32 Å². The first-order valence-corrected chi connectivity index (χ1v) is 8.00. The minimum atomic E-state index is 0.616. The van der Waals surface area contributed by atoms with Crippen molar-refractivity contribution in [1.29, 1.82) is 0 Å². The molecule has 2 nitrogen and oxygen atoms in total. The van der Waals surface area contributed by atoms with E-state index >= 15 is 0 Å². The molecule has 19 heavy (non-hydrogen) atoms. The molecule has 0 aliphatic heterocycles. The van der Waals surface area contributed by atoms with Crippen LogP contribution in [0.15, 0.2) is 18.3 Å². The van der Waals surface area contributed by atoms with Crippen LogP contribution >= 0.6 is 0 Å². The van der Waals surface area contributed by atoms with Gasteiger partial charge in [-0.15, -0.1) is 0 Å². The molecule has 2 heteroatoms. The number of nitrogens with zero attached hydrogens (tertiary/aromatic N) is 1. The zero-order valence-electron chi connectivity index (χ0n) is 12.5. The van der Waals surface area contributed by atoms with Gasteiger partial charge in [0.25, 0.3) is 0 Å². The molecule has 1 aliphatic rings. The predicted molar refractivity (Wildman–Crippen MR) is 81.4 cm³/mol. The molecule has 0 saturated heterocycles. The van der Waals surface area contributed by atoms with Crippen molar-refractivity contribution in [2.24, 2.45) is 5.92 Å². The van der Waals surface area contributed by atoms with E-state index < -0.39 is 0 Å². The van der Waals surface area contributed by atoms with Crippen molar-refractivity contribution >= 4 is 0 Å². The van der Waals surface area contributed by atoms with Gasteiger partial charge in [0.1, 0.15) is 0 Å². The number of rotatable bonds is 6. The fourth-order valence-corrected chi connectivity index (χ4v) is 3.21. The van der Waals surface area contributed by atoms with Gasteiger partial charge in [0.2, 0.25) is 0 Å². The second kappa shape index (κ2) is 7.64. The molecule has 0 amide bonds. The lowest BCUT2D eigenvalue weighted by molar-refractivity contribution is 0.268. The maximum atomic E-state index is 4.63. The molecule has 106 valence electrons. The zero-order chi connectivity index (χ0) is 13.5. The maximum Gasteiger partial charge on any atom is 0.0419 e. The van der Waals surface area contributed by atoms with Gasteiger partial charge in [-0.25, -0.2) is 0 Å². The zero-order valence-corrected chi connectivity index (χ0v) is 12.5. The molecule has 1 aromatic rings. The highest BCUT2D eigenvalue weighted by Gasteiger charge is 2.23. The lowest BCUT2D eigenvalue weighted by atomic mass is 9.82. The summed E-state index contributed by atoms with van der Waals surface area (Å²) in [4.78, 5) is 4.63. The number of aryl methyl sites for hydroxylation is 1. The van der Waals surface area contributed by atoms with E-state index in [9.17, 15) is 0 Å². The SMILES string of the molecule is CCNC(Cc1ccc(CC)cn1)C1CCCCC1. The number of hydrogen-bond donors (Lipinski definition) is 1. The number of nitrogens with one attached hydrogen (secondary N) is 1. The average Bonchev–Trinajstić information content (AvgIpc) is 2.48. The fourth-order valence-electron chi connectivity index (χ4n) is 3.21. The molecule has 1 heterocycles. The number of likely N-dealkylation sites (N-methyl/N-ethyl adjacent to an activating group) is 1. The molecule has 1 atom stereocenters. The van der Waals surface area contributed by atoms with E-state index in [0.29, 0.717) is 6.04 Å². The molecule has 2 rings (SSSR count). The van der Waals surface area contributed by atoms with Crippen molar-refractivity contribution in [1.82, 2.24) is 10.3 Å². The lowest BCUT2D eigenvalue weighted by Gasteiger charge is -2.30. The Bertz CT molecular complexity index is 352. The summed E-state index contributed by atoms with van der Waals surface area (Å²) in [5.41, 5.74) is 2.58. The quantitative estimate of drug-likeness (QED) is 0.842. The highest BCUT2D eigenvalue weighted by molar-refractivity contribution is 5.15. The Kier molecular flexibility index (Phi) is 5.84. The first kappa shape index (κ1) is 14.5. The third-order valence-corrected chi connectivity index (χ3v) is 4.41. The summed E-state index contributed by atoms with van der Waals surface area (Å²) >= 11 is 0. The van der Waals surface area contributed by atoms with Gasteiger partial charge < -0.3 is 5.32 Å². The van der Waals surface area contributed by atoms with Gasteiger partial charge in [0, 0.05) is 24.4 Å². The van der Waals surface area contributed by atoms with Crippen LogP contribution in [0.4, 0.5) is 0 Å². The van der Waals surface area contributed by atoms with E-state index in [0.717, 1.165) is 25.3 Å². The Morgan fingerprint density at radius 1 is 1.21 bits per heavy atom. The summed E-state index contributed by atoms with van der Waals surface area (Å²) < 4.78 is 0. The lowest BCUT2D eigenvalue weighted by Crippen LogP contribution is -2.39. The van der Waals surface area contributed by atoms with Gasteiger partial charge in [-0.3, -0.25) is 4.98 Å². The second-order valence-corrected chi connectivity index (χ2v) is 5.78. The topological polar surface area (TPSA) is 24.9 Å². The fraction of sp³-hybridized carbons (Fsp3) is 0.706. The summed E-state index contributed by atoms with van der Waals surface area (Å²) in [5.74, 6) is 0.848. The summed E-state index contributed by atoms with van der Waals surface area (Å²) in [6, 6.07) is 5.06. The molecular weight excluding hydrogens is 232 g/mol. The Hall–Kier alpha value is -0.890. The third kappa shape index (κ3) is 4.31. The van der Waals surface area contributed by atoms with Crippen LogP contribution in [0.5, 0.6) is 0 Å². The highest BCUT2D eigenvalue weighted by Crippen LogP contribution is 2.27. The molecular formula is C17H28N2. The molecule has 0 bridgehead atoms. The predicted octanol–water partition coefficient (Wildman–Crippen LogP) is 3.74. The van der Waals surface area contributed by atoms with Gasteiger partial charge in [0.15, 0.2) is 0 Å². The standard InChI is InChI=1S/C17H28N2/c1-3-14-10-11-16(19-13-14)12-17(18-4-2)15-8-6-5-7-9-15/h10-11,13,15,17-18H,3-9,12H2,1-2H3. The smallest absolute Gasteiger partial charge is 0.0419 e. The average molecular weight is 260 g/mol. The van der Waals surface area contributed by atoms with E-state index in [2.05, 4.69) is 36.3 Å². The van der Waals surface area contributed by atoms with Gasteiger partial charge >= 0.3 is 0 Å². The largest absolute Gasteiger partial charge is 0.314 e. The summed E-state index contributed by atoms with van der Waals surface area (Å²) in [7, 11) is 0. The Morgan fingerprint density at radius 2 is 2.00 bits per heavy atom. The van der Waals surface area contributed by atoms with E-state index in [4.69, 9.17) is 0 Å². The summed E-state index contributed by atoms with van der Waals surface area (Å²) in [5, 5.41) is 3.69. The molecule has 1 fully saturated rings. The minimum Gasteiger partial charge on any atom is -0.314 e. The first-order valence-electron chi connectivity index (χ1n) is 8.00. The van der Waals surface area contributed by atoms with Crippen LogP contribution in [0.25, 0.3) is 0 Å². The van der Waals surface area contributed by atoms with Gasteiger partial charge in [0.05, 0.1) is 0 Å². The van der Waals surface area contributed by atoms with Crippen LogP contribution in [0.3, 0.4) is 0 Å². The third-order valence-electron chi connectivity index (χ3n) is 4.41. The van der Waals surface area contributed by atoms with Crippen molar-refractivity contribution in [3.05, 3.63) is 29.6 Å². The van der Waals surface area contributed by atoms with Crippen LogP contribution in [0.2, 0.25) is 0 Å². The van der Waals surface area contributed by atoms with E-state index in [1.54, 1.807) is 0 Å². The molecule has 1 aliphatic carbocycles. The van der Waals surface area contributed by atoms with Crippen molar-refractivity contribution in [2.75, 3.05) is 6.54 Å². The van der Waals surface area contributed by atoms with Crippen molar-refractivity contribution in [2.45, 2.75) is 64.8 Å². The van der Waals surface area contributed by atoms with Crippen molar-refractivity contribution in [3.8, 4) is 0 Å². The molecule has 1 saturated carbocycles. The maximum absolute atomic E-state index is 4.63. The molecule has 1 aromatic heterocycles. The van der Waals surface area contributed by atoms with Crippen molar-refractivity contribution < 1.29 is 0 Å². The number of aromatic nitrogens is 1. The van der Waals surface area contributed by atoms with Gasteiger partial charge in [-0.2, -0.15) is 0 Å². The highest BCUT2D eigenvalue weighted by atomic mass is 14.9. The van der Waals surface area contributed by atoms with Gasteiger partial charge in [-0.1, -0.05) is 39.2 Å². The molecule has 1 N–H and O–H groups in total. The van der Waals surface area contributed by atoms with Crippen LogP contribution in [-0.2, 0) is 12.8 Å². The number of hydrogen-bond acceptors (Lipinski definition) is 2. The Balaban J connectivity index is 1.97. The van der Waals surface area contributed by atoms with E-state index in [1.807, 2.05) is 6.20 Å². The molecule has 0 spiro atoms. The molecule has 0 radical (unpaired) electrons. The Labute approximate surface area is 118 Å². The van der Waals surface area contributed by atoms with E-state index in [1.165, 1.54) is 43.4 Å². The Morgan fingerprint density at radius 3 is 2.58 bits per heavy atom. The summed E-state index contributed by atoms with van der Waals surface area (Å²) in [6.07, 6.45) is 11.2. The summed E-state index contributed by atoms with van der Waals surface area (Å²) in [6.45, 7) is 5.46. The minimum absolute atomic E-state index is 0.616. The van der Waals surface area contributed by atoms with E-state index in [-0.39, 0.29) is 0 Å². The molecule has 1 unspecified atom stereocenters.